The Kier molecular flexibility index (Phi) is 6.64. The first-order valence-electron chi connectivity index (χ1n) is 9.08. The van der Waals surface area contributed by atoms with Gasteiger partial charge in [0.05, 0.1) is 11.6 Å². The number of halogens is 5. The van der Waals surface area contributed by atoms with Gasteiger partial charge in [-0.15, -0.1) is 0 Å². The van der Waals surface area contributed by atoms with E-state index < -0.39 is 29.3 Å². The van der Waals surface area contributed by atoms with Gasteiger partial charge in [0.1, 0.15) is 17.1 Å². The highest BCUT2D eigenvalue weighted by molar-refractivity contribution is 6.32. The standard InChI is InChI=1S/C18H20ClF4N3O2/c19-13-14(16(20)21)25-26(15(13)17(22)23)9-11-7-8-12(28-11)18(27)24-10-5-3-1-2-4-6-10/h7-8,10,16-17H,1-6,9H2,(H,24,27). The maximum absolute atomic E-state index is 13.2. The smallest absolute Gasteiger partial charge is 0.287 e. The molecule has 0 radical (unpaired) electrons. The Morgan fingerprint density at radius 1 is 1.18 bits per heavy atom. The van der Waals surface area contributed by atoms with E-state index in [1.165, 1.54) is 12.1 Å². The average Bonchev–Trinajstić information content (AvgIpc) is 3.13. The van der Waals surface area contributed by atoms with Crippen LogP contribution in [0, 0.1) is 0 Å². The average molecular weight is 422 g/mol. The van der Waals surface area contributed by atoms with Gasteiger partial charge >= 0.3 is 0 Å². The lowest BCUT2D eigenvalue weighted by atomic mass is 10.1. The van der Waals surface area contributed by atoms with Gasteiger partial charge in [0.15, 0.2) is 5.76 Å². The SMILES string of the molecule is O=C(NC1CCCCCC1)c1ccc(Cn2nc(C(F)F)c(Cl)c2C(F)F)o1. The van der Waals surface area contributed by atoms with Crippen molar-refractivity contribution in [1.82, 2.24) is 15.1 Å². The fourth-order valence-corrected chi connectivity index (χ4v) is 3.65. The predicted molar refractivity (Wildman–Crippen MR) is 93.9 cm³/mol. The van der Waals surface area contributed by atoms with E-state index in [-0.39, 0.29) is 30.0 Å². The van der Waals surface area contributed by atoms with E-state index in [0.717, 1.165) is 38.5 Å². The number of hydrogen-bond donors (Lipinski definition) is 1. The van der Waals surface area contributed by atoms with Crippen LogP contribution in [0.5, 0.6) is 0 Å². The van der Waals surface area contributed by atoms with Crippen LogP contribution in [0.15, 0.2) is 16.5 Å². The largest absolute Gasteiger partial charge is 0.454 e. The molecule has 154 valence electrons. The molecule has 1 amide bonds. The van der Waals surface area contributed by atoms with Crippen molar-refractivity contribution in [3.63, 3.8) is 0 Å². The number of nitrogens with zero attached hydrogens (tertiary/aromatic N) is 2. The monoisotopic (exact) mass is 421 g/mol. The Hall–Kier alpha value is -2.03. The second kappa shape index (κ2) is 8.98. The molecule has 0 bridgehead atoms. The van der Waals surface area contributed by atoms with Gasteiger partial charge in [-0.3, -0.25) is 9.48 Å². The van der Waals surface area contributed by atoms with Crippen molar-refractivity contribution in [1.29, 1.82) is 0 Å². The summed E-state index contributed by atoms with van der Waals surface area (Å²) in [4.78, 5) is 12.3. The number of amides is 1. The summed E-state index contributed by atoms with van der Waals surface area (Å²) in [5, 5.41) is 5.63. The molecule has 0 unspecified atom stereocenters. The van der Waals surface area contributed by atoms with Crippen LogP contribution in [-0.2, 0) is 6.54 Å². The summed E-state index contributed by atoms with van der Waals surface area (Å²) in [6, 6.07) is 2.92. The Balaban J connectivity index is 1.72. The number of carbonyl (C=O) groups excluding carboxylic acids is 1. The number of furan rings is 1. The highest BCUT2D eigenvalue weighted by atomic mass is 35.5. The second-order valence-electron chi connectivity index (χ2n) is 6.77. The topological polar surface area (TPSA) is 60.1 Å². The molecule has 0 aliphatic heterocycles. The number of alkyl halides is 4. The molecular formula is C18H20ClF4N3O2. The number of aromatic nitrogens is 2. The van der Waals surface area contributed by atoms with E-state index in [2.05, 4.69) is 10.4 Å². The maximum Gasteiger partial charge on any atom is 0.287 e. The van der Waals surface area contributed by atoms with Crippen molar-refractivity contribution >= 4 is 17.5 Å². The Labute approximate surface area is 164 Å². The Morgan fingerprint density at radius 3 is 2.46 bits per heavy atom. The highest BCUT2D eigenvalue weighted by Gasteiger charge is 2.28. The molecule has 2 aromatic rings. The van der Waals surface area contributed by atoms with E-state index in [1.54, 1.807) is 0 Å². The minimum atomic E-state index is -3.08. The quantitative estimate of drug-likeness (QED) is 0.494. The normalized spacial score (nSPS) is 16.0. The summed E-state index contributed by atoms with van der Waals surface area (Å²) in [7, 11) is 0. The van der Waals surface area contributed by atoms with Gasteiger partial charge in [0, 0.05) is 6.04 Å². The van der Waals surface area contributed by atoms with E-state index in [9.17, 15) is 22.4 Å². The molecule has 5 nitrogen and oxygen atoms in total. The summed E-state index contributed by atoms with van der Waals surface area (Å²) in [5.41, 5.74) is -1.72. The van der Waals surface area contributed by atoms with Crippen LogP contribution in [-0.4, -0.2) is 21.7 Å². The van der Waals surface area contributed by atoms with Crippen LogP contribution in [0.3, 0.4) is 0 Å². The molecule has 1 saturated carbocycles. The lowest BCUT2D eigenvalue weighted by Gasteiger charge is -2.15. The van der Waals surface area contributed by atoms with Crippen molar-refractivity contribution in [2.75, 3.05) is 0 Å². The number of rotatable bonds is 6. The molecule has 0 saturated heterocycles. The number of nitrogens with one attached hydrogen (secondary N) is 1. The zero-order valence-corrected chi connectivity index (χ0v) is 15.7. The molecule has 28 heavy (non-hydrogen) atoms. The molecule has 1 aliphatic carbocycles. The fourth-order valence-electron chi connectivity index (χ4n) is 3.35. The zero-order chi connectivity index (χ0) is 20.3. The molecule has 1 fully saturated rings. The molecule has 2 heterocycles. The minimum Gasteiger partial charge on any atom is -0.454 e. The lowest BCUT2D eigenvalue weighted by molar-refractivity contribution is 0.0902. The van der Waals surface area contributed by atoms with E-state index in [0.29, 0.717) is 4.68 Å². The van der Waals surface area contributed by atoms with Gasteiger partial charge in [-0.1, -0.05) is 37.3 Å². The van der Waals surface area contributed by atoms with Crippen molar-refractivity contribution < 1.29 is 26.8 Å². The van der Waals surface area contributed by atoms with Crippen LogP contribution in [0.25, 0.3) is 0 Å². The van der Waals surface area contributed by atoms with Crippen molar-refractivity contribution in [2.24, 2.45) is 0 Å². The Morgan fingerprint density at radius 2 is 1.86 bits per heavy atom. The molecule has 0 aromatic carbocycles. The molecule has 2 aromatic heterocycles. The van der Waals surface area contributed by atoms with Gasteiger partial charge in [-0.2, -0.15) is 5.10 Å². The van der Waals surface area contributed by atoms with Crippen molar-refractivity contribution in [2.45, 2.75) is 64.0 Å². The van der Waals surface area contributed by atoms with Crippen LogP contribution >= 0.6 is 11.6 Å². The highest BCUT2D eigenvalue weighted by Crippen LogP contribution is 2.35. The molecule has 3 rings (SSSR count). The van der Waals surface area contributed by atoms with Crippen molar-refractivity contribution in [3.05, 3.63) is 40.1 Å². The number of hydrogen-bond acceptors (Lipinski definition) is 3. The summed E-state index contributed by atoms with van der Waals surface area (Å²) < 4.78 is 58.3. The fraction of sp³-hybridized carbons (Fsp3) is 0.556. The summed E-state index contributed by atoms with van der Waals surface area (Å²) in [5.74, 6) is -0.225. The zero-order valence-electron chi connectivity index (χ0n) is 14.9. The Bertz CT molecular complexity index is 814. The van der Waals surface area contributed by atoms with Crippen LogP contribution in [0.1, 0.15) is 79.1 Å². The third-order valence-corrected chi connectivity index (χ3v) is 5.14. The minimum absolute atomic E-state index is 0.0326. The molecule has 1 aliphatic rings. The molecular weight excluding hydrogens is 402 g/mol. The first kappa shape index (κ1) is 20.7. The van der Waals surface area contributed by atoms with Crippen LogP contribution in [0.2, 0.25) is 5.02 Å². The van der Waals surface area contributed by atoms with Gasteiger partial charge < -0.3 is 9.73 Å². The molecule has 0 spiro atoms. The van der Waals surface area contributed by atoms with Gasteiger partial charge in [-0.05, 0) is 25.0 Å². The summed E-state index contributed by atoms with van der Waals surface area (Å²) >= 11 is 5.63. The maximum atomic E-state index is 13.2. The van der Waals surface area contributed by atoms with Crippen LogP contribution < -0.4 is 5.32 Å². The molecule has 0 atom stereocenters. The first-order valence-corrected chi connectivity index (χ1v) is 9.46. The third-order valence-electron chi connectivity index (χ3n) is 4.75. The van der Waals surface area contributed by atoms with Gasteiger partial charge in [-0.25, -0.2) is 17.6 Å². The second-order valence-corrected chi connectivity index (χ2v) is 7.15. The summed E-state index contributed by atoms with van der Waals surface area (Å²) in [6.07, 6.45) is 0.0462. The molecule has 10 heteroatoms. The first-order chi connectivity index (χ1) is 13.4. The molecule has 1 N–H and O–H groups in total. The summed E-state index contributed by atoms with van der Waals surface area (Å²) in [6.45, 7) is -0.344. The van der Waals surface area contributed by atoms with Gasteiger partial charge in [0.2, 0.25) is 0 Å². The van der Waals surface area contributed by atoms with Gasteiger partial charge in [0.25, 0.3) is 18.8 Å². The van der Waals surface area contributed by atoms with Crippen LogP contribution in [0.4, 0.5) is 17.6 Å². The number of carbonyl (C=O) groups is 1. The predicted octanol–water partition coefficient (Wildman–Crippen LogP) is 5.51. The lowest BCUT2D eigenvalue weighted by Crippen LogP contribution is -2.34. The van der Waals surface area contributed by atoms with E-state index >= 15 is 0 Å². The van der Waals surface area contributed by atoms with E-state index in [1.807, 2.05) is 0 Å². The van der Waals surface area contributed by atoms with E-state index in [4.69, 9.17) is 16.0 Å². The van der Waals surface area contributed by atoms with Crippen molar-refractivity contribution in [3.8, 4) is 0 Å². The third kappa shape index (κ3) is 4.68.